The van der Waals surface area contributed by atoms with Gasteiger partial charge in [0.1, 0.15) is 0 Å². The van der Waals surface area contributed by atoms with Crippen molar-refractivity contribution in [3.63, 3.8) is 0 Å². The van der Waals surface area contributed by atoms with Crippen LogP contribution in [-0.4, -0.2) is 57.7 Å². The van der Waals surface area contributed by atoms with Gasteiger partial charge in [0.2, 0.25) is 15.9 Å². The molecule has 0 saturated carbocycles. The van der Waals surface area contributed by atoms with Crippen molar-refractivity contribution in [2.45, 2.75) is 44.6 Å². The minimum atomic E-state index is -3.20. The highest BCUT2D eigenvalue weighted by molar-refractivity contribution is 7.88. The highest BCUT2D eigenvalue weighted by atomic mass is 32.2. The Labute approximate surface area is 127 Å². The average Bonchev–Trinajstić information content (AvgIpc) is 2.46. The number of hydrogen-bond acceptors (Lipinski definition) is 4. The van der Waals surface area contributed by atoms with E-state index in [1.165, 1.54) is 0 Å². The molecule has 0 spiro atoms. The second-order valence-electron chi connectivity index (χ2n) is 6.25. The minimum Gasteiger partial charge on any atom is -0.338 e. The van der Waals surface area contributed by atoms with Crippen molar-refractivity contribution in [2.75, 3.05) is 32.4 Å². The summed E-state index contributed by atoms with van der Waals surface area (Å²) in [6.07, 6.45) is 6.87. The third-order valence-electron chi connectivity index (χ3n) is 4.45. The normalized spacial score (nSPS) is 25.0. The summed E-state index contributed by atoms with van der Waals surface area (Å²) in [5, 5.41) is 3.31. The number of piperidine rings is 2. The molecule has 2 aliphatic rings. The first-order chi connectivity index (χ1) is 9.96. The predicted molar refractivity (Wildman–Crippen MR) is 82.4 cm³/mol. The highest BCUT2D eigenvalue weighted by Crippen LogP contribution is 2.22. The molecule has 6 nitrogen and oxygen atoms in total. The van der Waals surface area contributed by atoms with Crippen molar-refractivity contribution in [1.29, 1.82) is 0 Å². The van der Waals surface area contributed by atoms with Crippen LogP contribution in [-0.2, 0) is 14.8 Å². The molecule has 2 fully saturated rings. The maximum absolute atomic E-state index is 12.5. The second kappa shape index (κ2) is 7.56. The zero-order chi connectivity index (χ0) is 15.3. The summed E-state index contributed by atoms with van der Waals surface area (Å²) in [6, 6.07) is 0.0164. The molecular formula is C14H27N3O3S. The van der Waals surface area contributed by atoms with Crippen molar-refractivity contribution in [3.8, 4) is 0 Å². The lowest BCUT2D eigenvalue weighted by Crippen LogP contribution is -2.49. The molecule has 0 radical (unpaired) electrons. The van der Waals surface area contributed by atoms with Gasteiger partial charge in [0.05, 0.1) is 6.26 Å². The number of carbonyl (C=O) groups excluding carboxylic acids is 1. The minimum absolute atomic E-state index is 0.0164. The Morgan fingerprint density at radius 3 is 2.62 bits per heavy atom. The van der Waals surface area contributed by atoms with Crippen LogP contribution in [0.5, 0.6) is 0 Å². The van der Waals surface area contributed by atoms with Gasteiger partial charge >= 0.3 is 0 Å². The molecule has 2 aliphatic heterocycles. The third kappa shape index (κ3) is 5.56. The van der Waals surface area contributed by atoms with E-state index in [0.717, 1.165) is 58.0 Å². The summed E-state index contributed by atoms with van der Waals surface area (Å²) in [7, 11) is -3.20. The molecule has 2 heterocycles. The van der Waals surface area contributed by atoms with Gasteiger partial charge in [-0.3, -0.25) is 4.79 Å². The maximum atomic E-state index is 12.5. The van der Waals surface area contributed by atoms with Crippen LogP contribution < -0.4 is 10.0 Å². The fourth-order valence-corrected chi connectivity index (χ4v) is 3.73. The molecule has 0 aromatic heterocycles. The van der Waals surface area contributed by atoms with E-state index in [1.54, 1.807) is 0 Å². The summed E-state index contributed by atoms with van der Waals surface area (Å²) in [5.74, 6) is 0.672. The molecule has 1 atom stereocenters. The standard InChI is InChI=1S/C14H27N3O3S/c1-21(19,20)16-11-13-4-2-3-9-17(13)14(18)10-12-5-7-15-8-6-12/h12-13,15-16H,2-11H2,1H3. The van der Waals surface area contributed by atoms with Crippen LogP contribution in [0.15, 0.2) is 0 Å². The van der Waals surface area contributed by atoms with E-state index < -0.39 is 10.0 Å². The fraction of sp³-hybridized carbons (Fsp3) is 0.929. The molecular weight excluding hydrogens is 290 g/mol. The van der Waals surface area contributed by atoms with Gasteiger partial charge < -0.3 is 10.2 Å². The van der Waals surface area contributed by atoms with E-state index in [4.69, 9.17) is 0 Å². The molecule has 1 unspecified atom stereocenters. The monoisotopic (exact) mass is 317 g/mol. The number of nitrogens with zero attached hydrogens (tertiary/aromatic N) is 1. The van der Waals surface area contributed by atoms with Crippen molar-refractivity contribution < 1.29 is 13.2 Å². The average molecular weight is 317 g/mol. The smallest absolute Gasteiger partial charge is 0.223 e. The summed E-state index contributed by atoms with van der Waals surface area (Å²) < 4.78 is 25.0. The van der Waals surface area contributed by atoms with Gasteiger partial charge in [-0.1, -0.05) is 0 Å². The molecule has 122 valence electrons. The van der Waals surface area contributed by atoms with Crippen LogP contribution in [0.4, 0.5) is 0 Å². The molecule has 0 aromatic carbocycles. The SMILES string of the molecule is CS(=O)(=O)NCC1CCCCN1C(=O)CC1CCNCC1. The van der Waals surface area contributed by atoms with Gasteiger partial charge in [-0.2, -0.15) is 0 Å². The van der Waals surface area contributed by atoms with Crippen molar-refractivity contribution in [3.05, 3.63) is 0 Å². The molecule has 2 saturated heterocycles. The van der Waals surface area contributed by atoms with Crippen molar-refractivity contribution >= 4 is 15.9 Å². The number of likely N-dealkylation sites (tertiary alicyclic amines) is 1. The molecule has 1 amide bonds. The summed E-state index contributed by atoms with van der Waals surface area (Å²) >= 11 is 0. The Morgan fingerprint density at radius 2 is 1.95 bits per heavy atom. The fourth-order valence-electron chi connectivity index (χ4n) is 3.24. The van der Waals surface area contributed by atoms with Crippen molar-refractivity contribution in [2.24, 2.45) is 5.92 Å². The number of hydrogen-bond donors (Lipinski definition) is 2. The van der Waals surface area contributed by atoms with E-state index in [-0.39, 0.29) is 11.9 Å². The summed E-state index contributed by atoms with van der Waals surface area (Å²) in [4.78, 5) is 14.4. The van der Waals surface area contributed by atoms with Crippen LogP contribution >= 0.6 is 0 Å². The molecule has 7 heteroatoms. The van der Waals surface area contributed by atoms with E-state index in [0.29, 0.717) is 18.9 Å². The molecule has 0 bridgehead atoms. The summed E-state index contributed by atoms with van der Waals surface area (Å²) in [5.41, 5.74) is 0. The van der Waals surface area contributed by atoms with E-state index >= 15 is 0 Å². The number of nitrogens with one attached hydrogen (secondary N) is 2. The highest BCUT2D eigenvalue weighted by Gasteiger charge is 2.29. The first-order valence-electron chi connectivity index (χ1n) is 7.90. The van der Waals surface area contributed by atoms with Gasteiger partial charge in [0.15, 0.2) is 0 Å². The first kappa shape index (κ1) is 16.7. The van der Waals surface area contributed by atoms with Gasteiger partial charge in [-0.15, -0.1) is 0 Å². The second-order valence-corrected chi connectivity index (χ2v) is 8.09. The van der Waals surface area contributed by atoms with Gasteiger partial charge in [-0.05, 0) is 51.1 Å². The van der Waals surface area contributed by atoms with Crippen LogP contribution in [0, 0.1) is 5.92 Å². The quantitative estimate of drug-likeness (QED) is 0.765. The zero-order valence-corrected chi connectivity index (χ0v) is 13.6. The lowest BCUT2D eigenvalue weighted by molar-refractivity contribution is -0.135. The van der Waals surface area contributed by atoms with Crippen LogP contribution in [0.3, 0.4) is 0 Å². The van der Waals surface area contributed by atoms with Crippen LogP contribution in [0.2, 0.25) is 0 Å². The number of amides is 1. The molecule has 2 N–H and O–H groups in total. The Balaban J connectivity index is 1.88. The molecule has 2 rings (SSSR count). The topological polar surface area (TPSA) is 78.5 Å². The van der Waals surface area contributed by atoms with Crippen LogP contribution in [0.1, 0.15) is 38.5 Å². The van der Waals surface area contributed by atoms with E-state index in [1.807, 2.05) is 4.90 Å². The number of carbonyl (C=O) groups is 1. The van der Waals surface area contributed by atoms with Gasteiger partial charge in [0, 0.05) is 25.6 Å². The lowest BCUT2D eigenvalue weighted by Gasteiger charge is -2.37. The first-order valence-corrected chi connectivity index (χ1v) is 9.79. The van der Waals surface area contributed by atoms with E-state index in [9.17, 15) is 13.2 Å². The third-order valence-corrected chi connectivity index (χ3v) is 5.14. The largest absolute Gasteiger partial charge is 0.338 e. The number of rotatable bonds is 5. The van der Waals surface area contributed by atoms with Crippen molar-refractivity contribution in [1.82, 2.24) is 14.9 Å². The molecule has 21 heavy (non-hydrogen) atoms. The van der Waals surface area contributed by atoms with Crippen LogP contribution in [0.25, 0.3) is 0 Å². The summed E-state index contributed by atoms with van der Waals surface area (Å²) in [6.45, 7) is 3.10. The van der Waals surface area contributed by atoms with E-state index in [2.05, 4.69) is 10.0 Å². The Kier molecular flexibility index (Phi) is 6.01. The maximum Gasteiger partial charge on any atom is 0.223 e. The Hall–Kier alpha value is -0.660. The lowest BCUT2D eigenvalue weighted by atomic mass is 9.93. The molecule has 0 aliphatic carbocycles. The molecule has 0 aromatic rings. The Morgan fingerprint density at radius 1 is 1.24 bits per heavy atom. The predicted octanol–water partition coefficient (Wildman–Crippen LogP) is 0.306. The Bertz CT molecular complexity index is 446. The van der Waals surface area contributed by atoms with Gasteiger partial charge in [0.25, 0.3) is 0 Å². The van der Waals surface area contributed by atoms with Gasteiger partial charge in [-0.25, -0.2) is 13.1 Å². The number of sulfonamides is 1. The zero-order valence-electron chi connectivity index (χ0n) is 12.8.